The third-order valence-electron chi connectivity index (χ3n) is 7.12. The van der Waals surface area contributed by atoms with Gasteiger partial charge < -0.3 is 15.3 Å². The van der Waals surface area contributed by atoms with Crippen LogP contribution in [0.1, 0.15) is 58.8 Å². The van der Waals surface area contributed by atoms with Crippen LogP contribution in [0, 0.1) is 17.8 Å². The Bertz CT molecular complexity index is 642. The molecule has 0 aromatic carbocycles. The van der Waals surface area contributed by atoms with Crippen LogP contribution in [0.3, 0.4) is 0 Å². The molecule has 2 unspecified atom stereocenters. The van der Waals surface area contributed by atoms with Crippen LogP contribution in [0.2, 0.25) is 0 Å². The van der Waals surface area contributed by atoms with E-state index in [0.717, 1.165) is 62.6 Å². The van der Waals surface area contributed by atoms with Crippen molar-refractivity contribution in [1.82, 2.24) is 4.90 Å². The number of aliphatic hydroxyl groups excluding tert-OH is 1. The Hall–Kier alpha value is -1.12. The molecule has 26 heavy (non-hydrogen) atoms. The van der Waals surface area contributed by atoms with E-state index >= 15 is 0 Å². The van der Waals surface area contributed by atoms with E-state index in [9.17, 15) is 10.2 Å². The molecule has 0 spiro atoms. The first-order valence-electron chi connectivity index (χ1n) is 9.96. The Morgan fingerprint density at radius 3 is 2.50 bits per heavy atom. The van der Waals surface area contributed by atoms with Gasteiger partial charge in [0.15, 0.2) is 0 Å². The van der Waals surface area contributed by atoms with Gasteiger partial charge in [-0.2, -0.15) is 0 Å². The van der Waals surface area contributed by atoms with Crippen molar-refractivity contribution in [2.75, 3.05) is 19.7 Å². The third-order valence-corrected chi connectivity index (χ3v) is 7.12. The molecule has 0 radical (unpaired) electrons. The van der Waals surface area contributed by atoms with Crippen LogP contribution in [-0.2, 0) is 0 Å². The van der Waals surface area contributed by atoms with E-state index in [1.54, 1.807) is 6.08 Å². The molecule has 4 heteroatoms. The Morgan fingerprint density at radius 1 is 1.19 bits per heavy atom. The number of piperidine rings is 1. The number of allylic oxidation sites excluding steroid dienone is 2. The predicted molar refractivity (Wildman–Crippen MR) is 103 cm³/mol. The fraction of sp³-hybridized carbons (Fsp3) is 0.727. The zero-order chi connectivity index (χ0) is 19.0. The minimum absolute atomic E-state index is 0.0186. The second-order valence-electron chi connectivity index (χ2n) is 8.62. The van der Waals surface area contributed by atoms with Gasteiger partial charge in [0.1, 0.15) is 0 Å². The fourth-order valence-electron chi connectivity index (χ4n) is 5.36. The molecule has 0 amide bonds. The molecule has 4 nitrogen and oxygen atoms in total. The van der Waals surface area contributed by atoms with Crippen molar-refractivity contribution in [1.29, 1.82) is 0 Å². The van der Waals surface area contributed by atoms with E-state index in [4.69, 9.17) is 11.5 Å². The minimum atomic E-state index is -0.884. The van der Waals surface area contributed by atoms with E-state index in [0.29, 0.717) is 6.54 Å². The van der Waals surface area contributed by atoms with E-state index in [-0.39, 0.29) is 12.6 Å². The Balaban J connectivity index is 1.99. The summed E-state index contributed by atoms with van der Waals surface area (Å²) in [6, 6.07) is -0.0425. The van der Waals surface area contributed by atoms with E-state index < -0.39 is 16.6 Å². The molecule has 2 saturated carbocycles. The molecular formula is C22H33NO3. The van der Waals surface area contributed by atoms with Crippen molar-refractivity contribution < 1.29 is 15.3 Å². The van der Waals surface area contributed by atoms with Gasteiger partial charge in [0, 0.05) is 23.6 Å². The maximum absolute atomic E-state index is 11.9. The molecule has 3 N–H and O–H groups in total. The first-order chi connectivity index (χ1) is 12.3. The average molecular weight is 360 g/mol. The summed E-state index contributed by atoms with van der Waals surface area (Å²) >= 11 is 0. The molecule has 3 fully saturated rings. The summed E-state index contributed by atoms with van der Waals surface area (Å²) in [6.07, 6.45) is 15.8. The normalized spacial score (nSPS) is 37.8. The highest BCUT2D eigenvalue weighted by molar-refractivity contribution is 5.45. The van der Waals surface area contributed by atoms with Crippen molar-refractivity contribution in [3.63, 3.8) is 0 Å². The van der Waals surface area contributed by atoms with Gasteiger partial charge in [0.25, 0.3) is 0 Å². The van der Waals surface area contributed by atoms with Crippen LogP contribution in [0.4, 0.5) is 0 Å². The third kappa shape index (κ3) is 3.16. The van der Waals surface area contributed by atoms with E-state index in [1.807, 2.05) is 13.0 Å². The number of rotatable bonds is 5. The van der Waals surface area contributed by atoms with Gasteiger partial charge >= 0.3 is 0 Å². The number of hydrogen-bond donors (Lipinski definition) is 3. The zero-order valence-electron chi connectivity index (χ0n) is 16.2. The van der Waals surface area contributed by atoms with Gasteiger partial charge in [0.05, 0.1) is 17.8 Å². The lowest BCUT2D eigenvalue weighted by Crippen LogP contribution is -2.68. The smallest absolute Gasteiger partial charge is 0.0902 e. The van der Waals surface area contributed by atoms with Gasteiger partial charge in [-0.3, -0.25) is 4.90 Å². The molecule has 3 rings (SSSR count). The maximum atomic E-state index is 11.9. The van der Waals surface area contributed by atoms with Crippen LogP contribution >= 0.6 is 0 Å². The summed E-state index contributed by atoms with van der Waals surface area (Å²) < 4.78 is 0. The van der Waals surface area contributed by atoms with E-state index in [2.05, 4.69) is 17.7 Å². The average Bonchev–Trinajstić information content (AvgIpc) is 3.35. The number of terminal acetylenes is 1. The van der Waals surface area contributed by atoms with Gasteiger partial charge in [-0.25, -0.2) is 0 Å². The number of fused-ring (bicyclic) bond motifs is 1. The maximum Gasteiger partial charge on any atom is 0.0902 e. The van der Waals surface area contributed by atoms with Crippen LogP contribution in [0.25, 0.3) is 0 Å². The largest absolute Gasteiger partial charge is 0.392 e. The fourth-order valence-corrected chi connectivity index (χ4v) is 5.36. The molecule has 3 aliphatic rings. The summed E-state index contributed by atoms with van der Waals surface area (Å²) in [4.78, 5) is 2.27. The molecule has 0 bridgehead atoms. The second kappa shape index (κ2) is 7.13. The Kier molecular flexibility index (Phi) is 5.38. The Morgan fingerprint density at radius 2 is 1.88 bits per heavy atom. The first-order valence-corrected chi connectivity index (χ1v) is 9.96. The van der Waals surface area contributed by atoms with Crippen molar-refractivity contribution >= 4 is 0 Å². The molecule has 144 valence electrons. The van der Waals surface area contributed by atoms with Crippen LogP contribution in [0.5, 0.6) is 0 Å². The quantitative estimate of drug-likeness (QED) is 0.521. The molecule has 0 aromatic rings. The summed E-state index contributed by atoms with van der Waals surface area (Å²) in [5.74, 6) is 2.91. The lowest BCUT2D eigenvalue weighted by Gasteiger charge is -2.60. The number of likely N-dealkylation sites (tertiary alicyclic amines) is 1. The topological polar surface area (TPSA) is 63.9 Å². The Labute approximate surface area is 157 Å². The second-order valence-corrected chi connectivity index (χ2v) is 8.62. The van der Waals surface area contributed by atoms with Crippen LogP contribution in [0.15, 0.2) is 23.3 Å². The van der Waals surface area contributed by atoms with Crippen molar-refractivity contribution in [2.45, 2.75) is 76.0 Å². The number of nitrogens with zero attached hydrogens (tertiary/aromatic N) is 1. The standard InChI is InChI=1S/C22H33NO3/c1-4-19(17(2)8-7-15-24)21-9-5-6-10-22(21,26)18(3)23(14-13-21)16-20(25)11-12-20/h1,7-8,18,24-26H,5-6,9-16H2,2-3H3/b8-7-,19-17+/t18?,21-,22?/m0/s1. The SMILES string of the molecule is C#C/C(=C(C)\C=C/CO)[C@@]12CCCCC1(O)C(C)N(CC1(O)CC1)CC2. The van der Waals surface area contributed by atoms with E-state index in [1.165, 1.54) is 0 Å². The van der Waals surface area contributed by atoms with Gasteiger partial charge in [-0.05, 0) is 58.1 Å². The molecule has 1 aliphatic heterocycles. The monoisotopic (exact) mass is 359 g/mol. The lowest BCUT2D eigenvalue weighted by atomic mass is 9.53. The van der Waals surface area contributed by atoms with Gasteiger partial charge in [-0.15, -0.1) is 6.42 Å². The molecule has 0 aromatic heterocycles. The number of aliphatic hydroxyl groups is 3. The highest BCUT2D eigenvalue weighted by Gasteiger charge is 2.61. The zero-order valence-corrected chi connectivity index (χ0v) is 16.2. The highest BCUT2D eigenvalue weighted by Crippen LogP contribution is 2.57. The van der Waals surface area contributed by atoms with Gasteiger partial charge in [0.2, 0.25) is 0 Å². The van der Waals surface area contributed by atoms with Crippen molar-refractivity contribution in [2.24, 2.45) is 5.41 Å². The molecular weight excluding hydrogens is 326 g/mol. The number of β-amino-alcohol motifs (C(OH)–C–C–N with tert-alkyl or cyclic N) is 1. The van der Waals surface area contributed by atoms with Crippen LogP contribution < -0.4 is 0 Å². The molecule has 2 aliphatic carbocycles. The highest BCUT2D eigenvalue weighted by atomic mass is 16.3. The molecule has 3 atom stereocenters. The summed E-state index contributed by atoms with van der Waals surface area (Å²) in [7, 11) is 0. The summed E-state index contributed by atoms with van der Waals surface area (Å²) in [6.45, 7) is 5.54. The predicted octanol–water partition coefficient (Wildman–Crippen LogP) is 2.40. The van der Waals surface area contributed by atoms with Crippen LogP contribution in [-0.4, -0.2) is 57.2 Å². The lowest BCUT2D eigenvalue weighted by molar-refractivity contribution is -0.177. The molecule has 1 saturated heterocycles. The number of hydrogen-bond acceptors (Lipinski definition) is 4. The van der Waals surface area contributed by atoms with Crippen molar-refractivity contribution in [3.05, 3.63) is 23.3 Å². The minimum Gasteiger partial charge on any atom is -0.392 e. The first kappa shape index (κ1) is 19.6. The van der Waals surface area contributed by atoms with Crippen molar-refractivity contribution in [3.8, 4) is 12.3 Å². The molecule has 1 heterocycles. The summed E-state index contributed by atoms with van der Waals surface area (Å²) in [5.41, 5.74) is 0.00464. The van der Waals surface area contributed by atoms with Gasteiger partial charge in [-0.1, -0.05) is 30.9 Å². The summed E-state index contributed by atoms with van der Waals surface area (Å²) in [5, 5.41) is 31.4.